The Bertz CT molecular complexity index is 1070. The van der Waals surface area contributed by atoms with Gasteiger partial charge in [0.1, 0.15) is 0 Å². The summed E-state index contributed by atoms with van der Waals surface area (Å²) in [7, 11) is -3.55. The van der Waals surface area contributed by atoms with Crippen molar-refractivity contribution in [3.8, 4) is 0 Å². The highest BCUT2D eigenvalue weighted by molar-refractivity contribution is 7.89. The van der Waals surface area contributed by atoms with Crippen LogP contribution in [0.15, 0.2) is 47.4 Å². The SMILES string of the molecule is CC(C)OC(C(=O)NCCCCCNS(=O)(=O)c1ccc2ccccc2c1)C(N)CC1CCCCC1. The van der Waals surface area contributed by atoms with Gasteiger partial charge in [-0.25, -0.2) is 13.1 Å². The van der Waals surface area contributed by atoms with Gasteiger partial charge < -0.3 is 15.8 Å². The number of amides is 1. The molecule has 2 aromatic rings. The third-order valence-corrected chi connectivity index (χ3v) is 8.33. The minimum Gasteiger partial charge on any atom is -0.364 e. The Morgan fingerprint density at radius 1 is 1.00 bits per heavy atom. The van der Waals surface area contributed by atoms with Crippen molar-refractivity contribution in [2.75, 3.05) is 13.1 Å². The topological polar surface area (TPSA) is 111 Å². The number of hydrogen-bond donors (Lipinski definition) is 3. The third kappa shape index (κ3) is 8.83. The fourth-order valence-corrected chi connectivity index (χ4v) is 6.05. The number of carbonyl (C=O) groups excluding carboxylic acids is 1. The Morgan fingerprint density at radius 3 is 2.42 bits per heavy atom. The van der Waals surface area contributed by atoms with E-state index in [0.29, 0.717) is 25.4 Å². The number of unbranched alkanes of at least 4 members (excludes halogenated alkanes) is 2. The molecule has 2 atom stereocenters. The zero-order valence-electron chi connectivity index (χ0n) is 21.7. The number of sulfonamides is 1. The van der Waals surface area contributed by atoms with Crippen molar-refractivity contribution in [3.63, 3.8) is 0 Å². The molecule has 0 aliphatic heterocycles. The molecular formula is C28H43N3O4S. The van der Waals surface area contributed by atoms with E-state index >= 15 is 0 Å². The van der Waals surface area contributed by atoms with Crippen molar-refractivity contribution >= 4 is 26.7 Å². The van der Waals surface area contributed by atoms with E-state index in [9.17, 15) is 13.2 Å². The molecule has 1 fully saturated rings. The maximum Gasteiger partial charge on any atom is 0.250 e. The molecule has 2 aromatic carbocycles. The number of rotatable bonds is 14. The van der Waals surface area contributed by atoms with E-state index in [1.807, 2.05) is 44.2 Å². The van der Waals surface area contributed by atoms with Crippen molar-refractivity contribution in [2.24, 2.45) is 11.7 Å². The fraction of sp³-hybridized carbons (Fsp3) is 0.607. The first-order valence-corrected chi connectivity index (χ1v) is 14.9. The lowest BCUT2D eigenvalue weighted by atomic mass is 9.84. The van der Waals surface area contributed by atoms with Crippen molar-refractivity contribution in [1.82, 2.24) is 10.0 Å². The number of carbonyl (C=O) groups is 1. The standard InChI is InChI=1S/C28H43N3O4S/c1-21(2)35-27(26(29)19-22-11-5-3-6-12-22)28(32)30-17-9-4-10-18-31-36(33,34)25-16-15-23-13-7-8-14-24(23)20-25/h7-8,13-16,20-22,26-27,31H,3-6,9-12,17-19,29H2,1-2H3,(H,30,32). The number of ether oxygens (including phenoxy) is 1. The van der Waals surface area contributed by atoms with Gasteiger partial charge in [0.15, 0.2) is 6.10 Å². The second-order valence-electron chi connectivity index (χ2n) is 10.3. The lowest BCUT2D eigenvalue weighted by Gasteiger charge is -2.30. The first-order valence-electron chi connectivity index (χ1n) is 13.4. The zero-order valence-corrected chi connectivity index (χ0v) is 22.6. The van der Waals surface area contributed by atoms with Crippen LogP contribution in [0.3, 0.4) is 0 Å². The molecule has 0 saturated heterocycles. The van der Waals surface area contributed by atoms with Crippen LogP contribution < -0.4 is 15.8 Å². The van der Waals surface area contributed by atoms with Gasteiger partial charge >= 0.3 is 0 Å². The number of nitrogens with two attached hydrogens (primary N) is 1. The molecule has 2 unspecified atom stereocenters. The molecule has 0 radical (unpaired) electrons. The van der Waals surface area contributed by atoms with E-state index in [4.69, 9.17) is 10.5 Å². The molecular weight excluding hydrogens is 474 g/mol. The van der Waals surface area contributed by atoms with Gasteiger partial charge in [-0.2, -0.15) is 0 Å². The highest BCUT2D eigenvalue weighted by Crippen LogP contribution is 2.28. The normalized spacial score (nSPS) is 16.8. The third-order valence-electron chi connectivity index (χ3n) is 6.87. The van der Waals surface area contributed by atoms with E-state index in [1.54, 1.807) is 12.1 Å². The van der Waals surface area contributed by atoms with Gasteiger partial charge in [0, 0.05) is 19.1 Å². The molecule has 0 heterocycles. The number of fused-ring (bicyclic) bond motifs is 1. The van der Waals surface area contributed by atoms with E-state index in [0.717, 1.165) is 30.0 Å². The molecule has 3 rings (SSSR count). The average Bonchev–Trinajstić information content (AvgIpc) is 2.86. The summed E-state index contributed by atoms with van der Waals surface area (Å²) in [6, 6.07) is 12.5. The Morgan fingerprint density at radius 2 is 1.69 bits per heavy atom. The Hall–Kier alpha value is -2.00. The van der Waals surface area contributed by atoms with Gasteiger partial charge in [-0.05, 0) is 61.9 Å². The van der Waals surface area contributed by atoms with Gasteiger partial charge in [0.2, 0.25) is 10.0 Å². The minimum atomic E-state index is -3.55. The predicted octanol–water partition coefficient (Wildman–Crippen LogP) is 4.50. The van der Waals surface area contributed by atoms with Crippen molar-refractivity contribution in [2.45, 2.75) is 94.8 Å². The predicted molar refractivity (Wildman–Crippen MR) is 145 cm³/mol. The summed E-state index contributed by atoms with van der Waals surface area (Å²) in [5.41, 5.74) is 6.44. The largest absolute Gasteiger partial charge is 0.364 e. The van der Waals surface area contributed by atoms with Crippen LogP contribution in [0.25, 0.3) is 10.8 Å². The van der Waals surface area contributed by atoms with Crippen LogP contribution in [-0.2, 0) is 19.6 Å². The summed E-state index contributed by atoms with van der Waals surface area (Å²) in [4.78, 5) is 13.1. The molecule has 1 saturated carbocycles. The van der Waals surface area contributed by atoms with E-state index in [-0.39, 0.29) is 22.9 Å². The lowest BCUT2D eigenvalue weighted by Crippen LogP contribution is -2.50. The van der Waals surface area contributed by atoms with Crippen LogP contribution in [0.5, 0.6) is 0 Å². The molecule has 1 aliphatic carbocycles. The molecule has 0 aromatic heterocycles. The molecule has 7 nitrogen and oxygen atoms in total. The van der Waals surface area contributed by atoms with Gasteiger partial charge in [-0.1, -0.05) is 68.9 Å². The zero-order chi connectivity index (χ0) is 26.0. The first-order chi connectivity index (χ1) is 17.3. The fourth-order valence-electron chi connectivity index (χ4n) is 4.95. The summed E-state index contributed by atoms with van der Waals surface area (Å²) in [5, 5.41) is 4.88. The van der Waals surface area contributed by atoms with Crippen LogP contribution in [0, 0.1) is 5.92 Å². The number of nitrogens with one attached hydrogen (secondary N) is 2. The summed E-state index contributed by atoms with van der Waals surface area (Å²) in [6.07, 6.45) is 8.52. The van der Waals surface area contributed by atoms with Gasteiger partial charge in [0.05, 0.1) is 11.0 Å². The lowest BCUT2D eigenvalue weighted by molar-refractivity contribution is -0.137. The van der Waals surface area contributed by atoms with Gasteiger partial charge in [-0.3, -0.25) is 4.79 Å². The summed E-state index contributed by atoms with van der Waals surface area (Å²) in [5.74, 6) is 0.433. The summed E-state index contributed by atoms with van der Waals surface area (Å²) >= 11 is 0. The molecule has 200 valence electrons. The van der Waals surface area contributed by atoms with Crippen LogP contribution >= 0.6 is 0 Å². The van der Waals surface area contributed by atoms with Crippen LogP contribution in [0.2, 0.25) is 0 Å². The summed E-state index contributed by atoms with van der Waals surface area (Å²) in [6.45, 7) is 4.72. The van der Waals surface area contributed by atoms with E-state index in [2.05, 4.69) is 10.0 Å². The maximum absolute atomic E-state index is 12.8. The van der Waals surface area contributed by atoms with E-state index in [1.165, 1.54) is 32.1 Å². The second-order valence-corrected chi connectivity index (χ2v) is 12.0. The Balaban J connectivity index is 1.37. The van der Waals surface area contributed by atoms with Gasteiger partial charge in [0.25, 0.3) is 5.91 Å². The first kappa shape index (κ1) is 28.6. The minimum absolute atomic E-state index is 0.0752. The Kier molecular flexibility index (Phi) is 11.2. The van der Waals surface area contributed by atoms with Crippen molar-refractivity contribution < 1.29 is 17.9 Å². The number of hydrogen-bond acceptors (Lipinski definition) is 5. The summed E-state index contributed by atoms with van der Waals surface area (Å²) < 4.78 is 33.8. The van der Waals surface area contributed by atoms with Gasteiger partial charge in [-0.15, -0.1) is 0 Å². The molecule has 0 bridgehead atoms. The monoisotopic (exact) mass is 517 g/mol. The molecule has 0 spiro atoms. The molecule has 1 amide bonds. The second kappa shape index (κ2) is 14.1. The molecule has 4 N–H and O–H groups in total. The molecule has 36 heavy (non-hydrogen) atoms. The maximum atomic E-state index is 12.8. The average molecular weight is 518 g/mol. The van der Waals surface area contributed by atoms with Crippen LogP contribution in [0.1, 0.15) is 71.6 Å². The highest BCUT2D eigenvalue weighted by Gasteiger charge is 2.29. The molecule has 1 aliphatic rings. The smallest absolute Gasteiger partial charge is 0.250 e. The van der Waals surface area contributed by atoms with Crippen LogP contribution in [0.4, 0.5) is 0 Å². The van der Waals surface area contributed by atoms with Crippen LogP contribution in [-0.4, -0.2) is 45.7 Å². The van der Waals surface area contributed by atoms with Crippen molar-refractivity contribution in [3.05, 3.63) is 42.5 Å². The highest BCUT2D eigenvalue weighted by atomic mass is 32.2. The number of benzene rings is 2. The van der Waals surface area contributed by atoms with E-state index < -0.39 is 16.1 Å². The molecule has 8 heteroatoms. The quantitative estimate of drug-likeness (QED) is 0.320. The van der Waals surface area contributed by atoms with Crippen molar-refractivity contribution in [1.29, 1.82) is 0 Å². The Labute approximate surface area is 216 Å².